The number of piperazine rings is 2. The summed E-state index contributed by atoms with van der Waals surface area (Å²) in [4.78, 5) is 47.9. The average Bonchev–Trinajstić information content (AvgIpc) is 0.795. The Hall–Kier alpha value is -8.37. The van der Waals surface area contributed by atoms with Crippen molar-refractivity contribution in [2.75, 3.05) is 91.0 Å². The number of aromatic nitrogens is 1. The van der Waals surface area contributed by atoms with E-state index >= 15 is 0 Å². The summed E-state index contributed by atoms with van der Waals surface area (Å²) in [6.07, 6.45) is -8.96. The highest BCUT2D eigenvalue weighted by Crippen LogP contribution is 2.46. The van der Waals surface area contributed by atoms with Crippen LogP contribution in [0, 0.1) is 11.6 Å². The highest BCUT2D eigenvalue weighted by molar-refractivity contribution is 7.94. The van der Waals surface area contributed by atoms with E-state index < -0.39 is 126 Å². The summed E-state index contributed by atoms with van der Waals surface area (Å²) in [6, 6.07) is 13.5. The van der Waals surface area contributed by atoms with E-state index in [4.69, 9.17) is 4.74 Å². The number of alkyl halides is 10. The van der Waals surface area contributed by atoms with Crippen LogP contribution in [0.4, 0.5) is 75.4 Å². The maximum atomic E-state index is 14.4. The molecule has 20 nitrogen and oxygen atoms in total. The van der Waals surface area contributed by atoms with Crippen molar-refractivity contribution in [1.29, 1.82) is 0 Å². The van der Waals surface area contributed by atoms with Crippen LogP contribution in [0.5, 0.6) is 17.4 Å². The van der Waals surface area contributed by atoms with Crippen molar-refractivity contribution in [1.82, 2.24) is 14.8 Å². The fourth-order valence-corrected chi connectivity index (χ4v) is 14.0. The number of benzene rings is 4. The predicted molar refractivity (Wildman–Crippen MR) is 285 cm³/mol. The van der Waals surface area contributed by atoms with Gasteiger partial charge in [0, 0.05) is 63.8 Å². The van der Waals surface area contributed by atoms with Gasteiger partial charge in [-0.3, -0.25) is 32.8 Å². The normalized spacial score (nSPS) is 19.1. The number of carbonyl (C=O) groups is 3. The number of dihydropyridines is 1. The smallest absolute Gasteiger partial charge is 0.417 e. The van der Waals surface area contributed by atoms with E-state index in [-0.39, 0.29) is 91.7 Å². The molecule has 1 amide bonds. The third-order valence-electron chi connectivity index (χ3n) is 14.3. The third kappa shape index (κ3) is 13.8. The third-order valence-corrected chi connectivity index (χ3v) is 18.1. The van der Waals surface area contributed by atoms with Crippen molar-refractivity contribution < 1.29 is 108 Å². The molecule has 4 aromatic carbocycles. The Kier molecular flexibility index (Phi) is 17.7. The number of carboxylic acid groups (broad SMARTS) is 2. The van der Waals surface area contributed by atoms with Crippen molar-refractivity contribution in [2.24, 2.45) is 4.99 Å². The summed E-state index contributed by atoms with van der Waals surface area (Å²) in [7, 11) is -8.72. The molecule has 0 spiro atoms. The van der Waals surface area contributed by atoms with Gasteiger partial charge in [0.05, 0.1) is 79.3 Å². The number of anilines is 4. The number of hydrogen-bond donors (Lipinski definition) is 2. The SMILES string of the molecule is COc1ncc(C(F)(F)F)cc1S(=O)(=O)N1C[C@@H]2CN(CC(=O)O)CCN2c2ccc(-c3cc(F)cc(OC(F)F)c3)cc21.O=C(O)CN1CCN2c3ccc(-c4cc(F)cc(OC(F)F)c4)cc3N(S(=O)(=O)C3C=C(C(F)(F)F)C=NC3=O)C[C@@H]2C1. The fourth-order valence-electron chi connectivity index (χ4n) is 10.6. The number of ether oxygens (including phenoxy) is 3. The summed E-state index contributed by atoms with van der Waals surface area (Å²) >= 11 is 0. The Labute approximate surface area is 485 Å². The van der Waals surface area contributed by atoms with Crippen LogP contribution in [0.15, 0.2) is 107 Å². The molecule has 0 aliphatic carbocycles. The number of amides is 1. The zero-order valence-corrected chi connectivity index (χ0v) is 46.2. The molecule has 2 saturated heterocycles. The van der Waals surface area contributed by atoms with Gasteiger partial charge in [-0.1, -0.05) is 12.1 Å². The molecule has 3 atom stereocenters. The molecule has 10 rings (SSSR count). The number of pyridine rings is 1. The van der Waals surface area contributed by atoms with Gasteiger partial charge in [0.15, 0.2) is 10.1 Å². The molecule has 1 unspecified atom stereocenters. The van der Waals surface area contributed by atoms with E-state index in [9.17, 15) is 94.1 Å². The number of carboxylic acids is 2. The molecule has 5 aliphatic rings. The minimum absolute atomic E-state index is 0.00508. The Bertz CT molecular complexity index is 3810. The zero-order chi connectivity index (χ0) is 63.2. The van der Waals surface area contributed by atoms with Gasteiger partial charge in [0.2, 0.25) is 5.88 Å². The predicted octanol–water partition coefficient (Wildman–Crippen LogP) is 7.59. The van der Waals surface area contributed by atoms with Crippen molar-refractivity contribution in [3.8, 4) is 39.6 Å². The number of halogens is 12. The first-order valence-electron chi connectivity index (χ1n) is 25.5. The lowest BCUT2D eigenvalue weighted by Gasteiger charge is -2.49. The Morgan fingerprint density at radius 3 is 1.56 bits per heavy atom. The minimum Gasteiger partial charge on any atom is -0.480 e. The highest BCUT2D eigenvalue weighted by Gasteiger charge is 2.48. The van der Waals surface area contributed by atoms with Gasteiger partial charge in [-0.2, -0.15) is 43.9 Å². The van der Waals surface area contributed by atoms with Crippen LogP contribution < -0.4 is 32.6 Å². The van der Waals surface area contributed by atoms with Gasteiger partial charge in [-0.25, -0.2) is 35.6 Å². The van der Waals surface area contributed by atoms with Crippen LogP contribution >= 0.6 is 0 Å². The first-order valence-corrected chi connectivity index (χ1v) is 28.5. The maximum Gasteiger partial charge on any atom is 0.417 e. The summed E-state index contributed by atoms with van der Waals surface area (Å²) in [5, 5.41) is 16.2. The fraction of sp³-hybridized carbons (Fsp3) is 0.340. The molecule has 34 heteroatoms. The van der Waals surface area contributed by atoms with Crippen molar-refractivity contribution in [3.05, 3.63) is 114 Å². The summed E-state index contributed by atoms with van der Waals surface area (Å²) < 4.78 is 232. The van der Waals surface area contributed by atoms with Crippen LogP contribution in [0.1, 0.15) is 5.56 Å². The number of hydrogen-bond acceptors (Lipinski definition) is 15. The molecule has 0 radical (unpaired) electrons. The number of nitrogens with zero attached hydrogens (tertiary/aromatic N) is 8. The second-order valence-electron chi connectivity index (χ2n) is 19.9. The second-order valence-corrected chi connectivity index (χ2v) is 23.8. The zero-order valence-electron chi connectivity index (χ0n) is 44.6. The number of fused-ring (bicyclic) bond motifs is 6. The molecular formula is C53H46F12N8O12S2. The van der Waals surface area contributed by atoms with Gasteiger partial charge < -0.3 is 34.2 Å². The van der Waals surface area contributed by atoms with Gasteiger partial charge in [-0.05, 0) is 82.9 Å². The minimum atomic E-state index is -4.99. The quantitative estimate of drug-likeness (QED) is 0.0961. The standard InChI is InChI=1S/C27H24F6N4O6S.C26H22F6N4O6S/c1-42-25-23(9-17(11-34-25)27(31,32)33)44(40,41)37-13-19-12-35(14-24(38)39)4-5-36(19)21-3-2-15(8-22(21)37)16-6-18(28)10-20(7-16)43-26(29)30;27-17-5-15(6-19(9-17)42-25(28)29)14-1-2-20-21(7-14)36(12-18-11-34(13-23(37)38)3-4-35(18)20)43(40,41)22-8-16(26(30,31)32)10-33-24(22)39/h2-3,6-11,19,26H,4-5,12-14H2,1H3,(H,38,39);1-2,5-10,18,22,25H,3-4,11-13H2,(H,37,38)/t19-;18-,22?/m00/s1. The first kappa shape index (κ1) is 63.1. The van der Waals surface area contributed by atoms with E-state index in [1.165, 1.54) is 36.4 Å². The molecule has 5 aromatic rings. The summed E-state index contributed by atoms with van der Waals surface area (Å²) in [5.41, 5.74) is -1.73. The van der Waals surface area contributed by atoms with Gasteiger partial charge in [0.25, 0.3) is 26.0 Å². The van der Waals surface area contributed by atoms with Crippen LogP contribution in [0.25, 0.3) is 22.3 Å². The van der Waals surface area contributed by atoms with Crippen LogP contribution in [-0.4, -0.2) is 175 Å². The summed E-state index contributed by atoms with van der Waals surface area (Å²) in [5.74, 6) is -6.95. The van der Waals surface area contributed by atoms with Crippen molar-refractivity contribution in [3.63, 3.8) is 0 Å². The largest absolute Gasteiger partial charge is 0.480 e. The Balaban J connectivity index is 0.000000208. The lowest BCUT2D eigenvalue weighted by molar-refractivity contribution is -0.139. The number of methoxy groups -OCH3 is 1. The molecule has 0 bridgehead atoms. The lowest BCUT2D eigenvalue weighted by Crippen LogP contribution is -2.62. The number of sulfonamides is 2. The monoisotopic (exact) mass is 1280 g/mol. The van der Waals surface area contributed by atoms with Crippen molar-refractivity contribution in [2.45, 2.75) is 47.8 Å². The lowest BCUT2D eigenvalue weighted by atomic mass is 10.00. The van der Waals surface area contributed by atoms with Gasteiger partial charge in [0.1, 0.15) is 23.1 Å². The number of aliphatic imine (C=N–C) groups is 1. The Morgan fingerprint density at radius 1 is 0.632 bits per heavy atom. The van der Waals surface area contributed by atoms with Crippen LogP contribution in [-0.2, 0) is 40.6 Å². The number of carbonyl (C=O) groups excluding carboxylic acids is 1. The number of allylic oxidation sites excluding steroid dienone is 1. The number of rotatable bonds is 15. The molecular weight excluding hydrogens is 1230 g/mol. The van der Waals surface area contributed by atoms with Gasteiger partial charge in [-0.15, -0.1) is 0 Å². The van der Waals surface area contributed by atoms with Crippen LogP contribution in [0.3, 0.4) is 0 Å². The molecule has 2 fully saturated rings. The van der Waals surface area contributed by atoms with E-state index in [1.54, 1.807) is 14.7 Å². The first-order chi connectivity index (χ1) is 40.8. The topological polar surface area (TPSA) is 232 Å². The summed E-state index contributed by atoms with van der Waals surface area (Å²) in [6.45, 7) is -6.44. The molecule has 2 N–H and O–H groups in total. The molecule has 5 aliphatic heterocycles. The molecule has 87 heavy (non-hydrogen) atoms. The van der Waals surface area contributed by atoms with E-state index in [0.29, 0.717) is 43.3 Å². The molecule has 466 valence electrons. The Morgan fingerprint density at radius 2 is 1.11 bits per heavy atom. The molecule has 0 saturated carbocycles. The van der Waals surface area contributed by atoms with E-state index in [0.717, 1.165) is 52.1 Å². The number of aliphatic carboxylic acids is 2. The van der Waals surface area contributed by atoms with Gasteiger partial charge >= 0.3 is 37.5 Å². The second kappa shape index (κ2) is 24.4. The van der Waals surface area contributed by atoms with E-state index in [1.807, 2.05) is 4.90 Å². The highest BCUT2D eigenvalue weighted by atomic mass is 32.2. The molecule has 1 aromatic heterocycles. The van der Waals surface area contributed by atoms with Crippen molar-refractivity contribution >= 4 is 66.9 Å². The van der Waals surface area contributed by atoms with E-state index in [2.05, 4.69) is 19.5 Å². The molecule has 6 heterocycles. The maximum absolute atomic E-state index is 14.4. The average molecular weight is 1280 g/mol. The van der Waals surface area contributed by atoms with Crippen LogP contribution in [0.2, 0.25) is 0 Å².